The van der Waals surface area contributed by atoms with E-state index in [4.69, 9.17) is 0 Å². The summed E-state index contributed by atoms with van der Waals surface area (Å²) in [5.41, 5.74) is 1.49. The van der Waals surface area contributed by atoms with Crippen molar-refractivity contribution in [3.63, 3.8) is 0 Å². The summed E-state index contributed by atoms with van der Waals surface area (Å²) in [6, 6.07) is 19.3. The normalized spacial score (nSPS) is 14.0. The zero-order valence-corrected chi connectivity index (χ0v) is 14.5. The number of carbonyl (C=O) groups excluding carboxylic acids is 1. The van der Waals surface area contributed by atoms with Crippen LogP contribution in [0.5, 0.6) is 0 Å². The fraction of sp³-hybridized carbons (Fsp3) is 0.350. The van der Waals surface area contributed by atoms with E-state index in [-0.39, 0.29) is 17.5 Å². The number of aliphatic hydroxyl groups excluding tert-OH is 1. The third-order valence-corrected chi connectivity index (χ3v) is 3.98. The van der Waals surface area contributed by atoms with Crippen molar-refractivity contribution in [1.29, 1.82) is 0 Å². The molecule has 1 amide bonds. The predicted octanol–water partition coefficient (Wildman–Crippen LogP) is 2.97. The number of hydrogen-bond acceptors (Lipinski definition) is 3. The summed E-state index contributed by atoms with van der Waals surface area (Å²) in [4.78, 5) is 12.2. The first-order valence-corrected chi connectivity index (χ1v) is 8.22. The van der Waals surface area contributed by atoms with Gasteiger partial charge in [0.2, 0.25) is 0 Å². The van der Waals surface area contributed by atoms with Crippen LogP contribution in [0.4, 0.5) is 0 Å². The molecule has 0 radical (unpaired) electrons. The Balaban J connectivity index is 1.89. The molecule has 0 spiro atoms. The van der Waals surface area contributed by atoms with Crippen LogP contribution in [0.25, 0.3) is 0 Å². The number of carbonyl (C=O) groups is 1. The lowest BCUT2D eigenvalue weighted by Crippen LogP contribution is -2.50. The average molecular weight is 326 g/mol. The fourth-order valence-corrected chi connectivity index (χ4v) is 2.65. The number of hydrogen-bond donors (Lipinski definition) is 3. The van der Waals surface area contributed by atoms with Crippen LogP contribution in [0.1, 0.15) is 44.0 Å². The van der Waals surface area contributed by atoms with E-state index in [0.29, 0.717) is 12.1 Å². The van der Waals surface area contributed by atoms with Crippen LogP contribution in [0.15, 0.2) is 60.7 Å². The molecule has 0 saturated heterocycles. The van der Waals surface area contributed by atoms with Gasteiger partial charge in [-0.1, -0.05) is 60.7 Å². The second kappa shape index (κ2) is 8.08. The molecule has 0 aliphatic heterocycles. The van der Waals surface area contributed by atoms with Crippen molar-refractivity contribution in [3.05, 3.63) is 71.8 Å². The zero-order valence-electron chi connectivity index (χ0n) is 14.5. The maximum Gasteiger partial charge on any atom is 0.253 e. The summed E-state index contributed by atoms with van der Waals surface area (Å²) >= 11 is 0. The van der Waals surface area contributed by atoms with Crippen molar-refractivity contribution in [2.45, 2.75) is 38.5 Å². The highest BCUT2D eigenvalue weighted by Gasteiger charge is 2.24. The first-order chi connectivity index (χ1) is 11.4. The van der Waals surface area contributed by atoms with Gasteiger partial charge in [-0.15, -0.1) is 0 Å². The van der Waals surface area contributed by atoms with Crippen LogP contribution in [-0.2, 0) is 4.79 Å². The summed E-state index contributed by atoms with van der Waals surface area (Å²) < 4.78 is 0. The molecule has 2 rings (SSSR count). The highest BCUT2D eigenvalue weighted by Crippen LogP contribution is 2.16. The van der Waals surface area contributed by atoms with Gasteiger partial charge in [0.25, 0.3) is 5.91 Å². The van der Waals surface area contributed by atoms with Crippen molar-refractivity contribution in [1.82, 2.24) is 10.6 Å². The Bertz CT molecular complexity index is 641. The molecule has 3 N–H and O–H groups in total. The summed E-state index contributed by atoms with van der Waals surface area (Å²) in [5, 5.41) is 16.5. The average Bonchev–Trinajstić information content (AvgIpc) is 2.60. The zero-order chi connectivity index (χ0) is 17.6. The molecule has 24 heavy (non-hydrogen) atoms. The minimum atomic E-state index is -1.14. The molecule has 4 nitrogen and oxygen atoms in total. The molecule has 4 heteroatoms. The smallest absolute Gasteiger partial charge is 0.253 e. The number of nitrogens with one attached hydrogen (secondary N) is 2. The van der Waals surface area contributed by atoms with E-state index in [1.54, 1.807) is 24.3 Å². The standard InChI is InChI=1S/C20H26N2O2/c1-15(16-10-6-4-7-11-16)22-20(2,3)14-21-19(24)18(23)17-12-8-5-9-13-17/h4-13,15,18,22-23H,14H2,1-3H3,(H,21,24). The maximum atomic E-state index is 12.2. The second-order valence-corrected chi connectivity index (χ2v) is 6.69. The molecule has 0 heterocycles. The highest BCUT2D eigenvalue weighted by atomic mass is 16.3. The van der Waals surface area contributed by atoms with Gasteiger partial charge in [0.15, 0.2) is 6.10 Å². The lowest BCUT2D eigenvalue weighted by molar-refractivity contribution is -0.129. The van der Waals surface area contributed by atoms with Gasteiger partial charge in [0.1, 0.15) is 0 Å². The molecule has 0 aliphatic rings. The molecule has 0 bridgehead atoms. The molecule has 128 valence electrons. The van der Waals surface area contributed by atoms with E-state index < -0.39 is 6.10 Å². The Kier molecular flexibility index (Phi) is 6.12. The van der Waals surface area contributed by atoms with Crippen LogP contribution in [-0.4, -0.2) is 23.1 Å². The molecule has 2 atom stereocenters. The molecule has 2 unspecified atom stereocenters. The SMILES string of the molecule is CC(NC(C)(C)CNC(=O)C(O)c1ccccc1)c1ccccc1. The Labute approximate surface area is 143 Å². The third-order valence-electron chi connectivity index (χ3n) is 3.98. The minimum Gasteiger partial charge on any atom is -0.378 e. The van der Waals surface area contributed by atoms with E-state index >= 15 is 0 Å². The Morgan fingerprint density at radius 2 is 1.50 bits per heavy atom. The Hall–Kier alpha value is -2.17. The third kappa shape index (κ3) is 5.18. The van der Waals surface area contributed by atoms with E-state index in [1.807, 2.05) is 38.1 Å². The number of benzene rings is 2. The molecule has 0 fully saturated rings. The van der Waals surface area contributed by atoms with Gasteiger partial charge in [-0.3, -0.25) is 4.79 Å². The highest BCUT2D eigenvalue weighted by molar-refractivity contribution is 5.81. The fourth-order valence-electron chi connectivity index (χ4n) is 2.65. The van der Waals surface area contributed by atoms with Crippen molar-refractivity contribution < 1.29 is 9.90 Å². The van der Waals surface area contributed by atoms with Crippen molar-refractivity contribution in [2.75, 3.05) is 6.54 Å². The van der Waals surface area contributed by atoms with Gasteiger partial charge >= 0.3 is 0 Å². The van der Waals surface area contributed by atoms with Gasteiger partial charge in [0, 0.05) is 18.1 Å². The van der Waals surface area contributed by atoms with Crippen LogP contribution in [0.2, 0.25) is 0 Å². The van der Waals surface area contributed by atoms with Gasteiger partial charge in [0.05, 0.1) is 0 Å². The van der Waals surface area contributed by atoms with E-state index in [2.05, 4.69) is 29.7 Å². The summed E-state index contributed by atoms with van der Waals surface area (Å²) in [6.45, 7) is 6.58. The van der Waals surface area contributed by atoms with E-state index in [9.17, 15) is 9.90 Å². The lowest BCUT2D eigenvalue weighted by atomic mass is 10.0. The molecule has 2 aromatic rings. The van der Waals surface area contributed by atoms with Gasteiger partial charge in [-0.25, -0.2) is 0 Å². The monoisotopic (exact) mass is 326 g/mol. The number of amides is 1. The van der Waals surface area contributed by atoms with Crippen LogP contribution < -0.4 is 10.6 Å². The minimum absolute atomic E-state index is 0.164. The Morgan fingerprint density at radius 1 is 1.00 bits per heavy atom. The van der Waals surface area contributed by atoms with Crippen LogP contribution in [0.3, 0.4) is 0 Å². The van der Waals surface area contributed by atoms with Gasteiger partial charge in [-0.05, 0) is 31.9 Å². The molecular weight excluding hydrogens is 300 g/mol. The molecule has 0 saturated carbocycles. The molecule has 0 aliphatic carbocycles. The topological polar surface area (TPSA) is 61.4 Å². The first kappa shape index (κ1) is 18.2. The summed E-state index contributed by atoms with van der Waals surface area (Å²) in [5.74, 6) is -0.386. The van der Waals surface area contributed by atoms with E-state index in [0.717, 1.165) is 0 Å². The molecular formula is C20H26N2O2. The predicted molar refractivity (Wildman–Crippen MR) is 96.5 cm³/mol. The Morgan fingerprint density at radius 3 is 2.04 bits per heavy atom. The maximum absolute atomic E-state index is 12.2. The molecule has 0 aromatic heterocycles. The van der Waals surface area contributed by atoms with Crippen LogP contribution in [0, 0.1) is 0 Å². The van der Waals surface area contributed by atoms with Crippen molar-refractivity contribution >= 4 is 5.91 Å². The van der Waals surface area contributed by atoms with Crippen molar-refractivity contribution in [3.8, 4) is 0 Å². The van der Waals surface area contributed by atoms with Crippen molar-refractivity contribution in [2.24, 2.45) is 0 Å². The van der Waals surface area contributed by atoms with Gasteiger partial charge in [-0.2, -0.15) is 0 Å². The van der Waals surface area contributed by atoms with Crippen LogP contribution >= 0.6 is 0 Å². The van der Waals surface area contributed by atoms with E-state index in [1.165, 1.54) is 5.56 Å². The quantitative estimate of drug-likeness (QED) is 0.733. The lowest BCUT2D eigenvalue weighted by Gasteiger charge is -2.31. The number of aliphatic hydroxyl groups is 1. The summed E-state index contributed by atoms with van der Waals surface area (Å²) in [6.07, 6.45) is -1.14. The van der Waals surface area contributed by atoms with Gasteiger partial charge < -0.3 is 15.7 Å². The number of rotatable bonds is 7. The second-order valence-electron chi connectivity index (χ2n) is 6.69. The first-order valence-electron chi connectivity index (χ1n) is 8.22. The molecule has 2 aromatic carbocycles. The largest absolute Gasteiger partial charge is 0.378 e. The summed E-state index contributed by atoms with van der Waals surface area (Å²) in [7, 11) is 0.